The van der Waals surface area contributed by atoms with Gasteiger partial charge in [-0.25, -0.2) is 0 Å². The topological polar surface area (TPSA) is 18.5 Å². The van der Waals surface area contributed by atoms with Crippen LogP contribution in [0, 0.1) is 5.41 Å². The van der Waals surface area contributed by atoms with Gasteiger partial charge in [0.15, 0.2) is 0 Å². The maximum atomic E-state index is 5.50. The van der Waals surface area contributed by atoms with Crippen molar-refractivity contribution in [2.24, 2.45) is 5.41 Å². The summed E-state index contributed by atoms with van der Waals surface area (Å²) in [5.41, 5.74) is 1.60. The largest absolute Gasteiger partial charge is 0.380 e. The molecule has 0 aromatic heterocycles. The average Bonchev–Trinajstić information content (AvgIpc) is 1.94. The smallest absolute Gasteiger partial charge is 0.0650 e. The molecular formula is C10H18O2. The predicted octanol–water partition coefficient (Wildman–Crippen LogP) is 2.01. The first-order chi connectivity index (χ1) is 5.62. The van der Waals surface area contributed by atoms with Gasteiger partial charge >= 0.3 is 0 Å². The van der Waals surface area contributed by atoms with Gasteiger partial charge < -0.3 is 9.47 Å². The number of hydrogen-bond acceptors (Lipinski definition) is 2. The molecule has 12 heavy (non-hydrogen) atoms. The lowest BCUT2D eigenvalue weighted by molar-refractivity contribution is -0.135. The molecule has 2 nitrogen and oxygen atoms in total. The van der Waals surface area contributed by atoms with Crippen molar-refractivity contribution in [3.05, 3.63) is 11.6 Å². The molecule has 0 unspecified atom stereocenters. The van der Waals surface area contributed by atoms with Gasteiger partial charge in [0.2, 0.25) is 0 Å². The van der Waals surface area contributed by atoms with E-state index in [2.05, 4.69) is 26.8 Å². The lowest BCUT2D eigenvalue weighted by Gasteiger charge is -2.37. The van der Waals surface area contributed by atoms with Crippen LogP contribution in [0.1, 0.15) is 20.8 Å². The highest BCUT2D eigenvalue weighted by Gasteiger charge is 2.33. The van der Waals surface area contributed by atoms with E-state index in [0.717, 1.165) is 26.4 Å². The summed E-state index contributed by atoms with van der Waals surface area (Å²) in [5.74, 6) is 0. The van der Waals surface area contributed by atoms with E-state index in [1.165, 1.54) is 5.57 Å². The Morgan fingerprint density at radius 2 is 2.17 bits per heavy atom. The molecule has 0 amide bonds. The van der Waals surface area contributed by atoms with Gasteiger partial charge in [0.05, 0.1) is 26.4 Å². The molecular weight excluding hydrogens is 152 g/mol. The zero-order valence-electron chi connectivity index (χ0n) is 8.22. The third-order valence-corrected chi connectivity index (χ3v) is 1.96. The first-order valence-electron chi connectivity index (χ1n) is 4.41. The van der Waals surface area contributed by atoms with Crippen molar-refractivity contribution in [3.63, 3.8) is 0 Å². The summed E-state index contributed by atoms with van der Waals surface area (Å²) < 4.78 is 10.6. The molecule has 1 fully saturated rings. The second-order valence-corrected chi connectivity index (χ2v) is 4.10. The van der Waals surface area contributed by atoms with Gasteiger partial charge in [-0.15, -0.1) is 0 Å². The van der Waals surface area contributed by atoms with Crippen molar-refractivity contribution >= 4 is 0 Å². The Bertz CT molecular complexity index is 165. The highest BCUT2D eigenvalue weighted by atomic mass is 16.5. The zero-order chi connectivity index (χ0) is 9.03. The maximum absolute atomic E-state index is 5.50. The Labute approximate surface area is 74.6 Å². The molecule has 0 atom stereocenters. The number of allylic oxidation sites excluding steroid dienone is 1. The van der Waals surface area contributed by atoms with Crippen LogP contribution in [-0.2, 0) is 9.47 Å². The standard InChI is InChI=1S/C10H18O2/c1-9(2)4-5-11-6-10(3)7-12-8-10/h4H,5-8H2,1-3H3. The van der Waals surface area contributed by atoms with Crippen molar-refractivity contribution < 1.29 is 9.47 Å². The van der Waals surface area contributed by atoms with Gasteiger partial charge in [-0.3, -0.25) is 0 Å². The molecule has 0 bridgehead atoms. The summed E-state index contributed by atoms with van der Waals surface area (Å²) in [5, 5.41) is 0. The molecule has 1 rings (SSSR count). The Morgan fingerprint density at radius 1 is 1.50 bits per heavy atom. The van der Waals surface area contributed by atoms with E-state index in [9.17, 15) is 0 Å². The molecule has 0 spiro atoms. The van der Waals surface area contributed by atoms with Crippen molar-refractivity contribution in [2.75, 3.05) is 26.4 Å². The summed E-state index contributed by atoms with van der Waals surface area (Å²) in [4.78, 5) is 0. The SMILES string of the molecule is CC(C)=CCOCC1(C)COC1. The highest BCUT2D eigenvalue weighted by molar-refractivity contribution is 4.93. The molecule has 0 aliphatic carbocycles. The molecule has 1 heterocycles. The first-order valence-corrected chi connectivity index (χ1v) is 4.41. The molecule has 1 saturated heterocycles. The van der Waals surface area contributed by atoms with Gasteiger partial charge in [-0.2, -0.15) is 0 Å². The molecule has 0 aromatic carbocycles. The van der Waals surface area contributed by atoms with Crippen molar-refractivity contribution in [3.8, 4) is 0 Å². The second-order valence-electron chi connectivity index (χ2n) is 4.10. The molecule has 1 aliphatic heterocycles. The minimum absolute atomic E-state index is 0.287. The monoisotopic (exact) mass is 170 g/mol. The van der Waals surface area contributed by atoms with Crippen LogP contribution in [-0.4, -0.2) is 26.4 Å². The van der Waals surface area contributed by atoms with E-state index in [0.29, 0.717) is 0 Å². The third-order valence-electron chi connectivity index (χ3n) is 1.96. The van der Waals surface area contributed by atoms with Gasteiger partial charge in [0.1, 0.15) is 0 Å². The molecule has 0 radical (unpaired) electrons. The Kier molecular flexibility index (Phi) is 3.29. The number of hydrogen-bond donors (Lipinski definition) is 0. The van der Waals surface area contributed by atoms with Crippen LogP contribution in [0.3, 0.4) is 0 Å². The van der Waals surface area contributed by atoms with Gasteiger partial charge in [0.25, 0.3) is 0 Å². The molecule has 0 aromatic rings. The Morgan fingerprint density at radius 3 is 2.58 bits per heavy atom. The third kappa shape index (κ3) is 2.95. The lowest BCUT2D eigenvalue weighted by Crippen LogP contribution is -2.43. The summed E-state index contributed by atoms with van der Waals surface area (Å²) in [7, 11) is 0. The normalized spacial score (nSPS) is 19.9. The van der Waals surface area contributed by atoms with Crippen molar-refractivity contribution in [1.29, 1.82) is 0 Å². The summed E-state index contributed by atoms with van der Waals surface area (Å²) in [6, 6.07) is 0. The van der Waals surface area contributed by atoms with Crippen LogP contribution in [0.4, 0.5) is 0 Å². The maximum Gasteiger partial charge on any atom is 0.0650 e. The van der Waals surface area contributed by atoms with E-state index < -0.39 is 0 Å². The Hall–Kier alpha value is -0.340. The molecule has 0 N–H and O–H groups in total. The van der Waals surface area contributed by atoms with Gasteiger partial charge in [-0.1, -0.05) is 18.6 Å². The van der Waals surface area contributed by atoms with Crippen LogP contribution in [0.2, 0.25) is 0 Å². The fourth-order valence-electron chi connectivity index (χ4n) is 1.06. The molecule has 0 saturated carbocycles. The Balaban J connectivity index is 2.06. The van der Waals surface area contributed by atoms with E-state index in [-0.39, 0.29) is 5.41 Å². The summed E-state index contributed by atoms with van der Waals surface area (Å²) >= 11 is 0. The number of ether oxygens (including phenoxy) is 2. The van der Waals surface area contributed by atoms with Gasteiger partial charge in [-0.05, 0) is 13.8 Å². The van der Waals surface area contributed by atoms with E-state index >= 15 is 0 Å². The van der Waals surface area contributed by atoms with Crippen LogP contribution in [0.25, 0.3) is 0 Å². The fraction of sp³-hybridized carbons (Fsp3) is 0.800. The van der Waals surface area contributed by atoms with E-state index in [4.69, 9.17) is 9.47 Å². The summed E-state index contributed by atoms with van der Waals surface area (Å²) in [6.45, 7) is 9.60. The van der Waals surface area contributed by atoms with Crippen LogP contribution in [0.5, 0.6) is 0 Å². The lowest BCUT2D eigenvalue weighted by atomic mass is 9.90. The fourth-order valence-corrected chi connectivity index (χ4v) is 1.06. The van der Waals surface area contributed by atoms with Crippen LogP contribution >= 0.6 is 0 Å². The van der Waals surface area contributed by atoms with E-state index in [1.54, 1.807) is 0 Å². The van der Waals surface area contributed by atoms with Crippen molar-refractivity contribution in [1.82, 2.24) is 0 Å². The minimum Gasteiger partial charge on any atom is -0.380 e. The van der Waals surface area contributed by atoms with Gasteiger partial charge in [0, 0.05) is 5.41 Å². The van der Waals surface area contributed by atoms with Crippen molar-refractivity contribution in [2.45, 2.75) is 20.8 Å². The quantitative estimate of drug-likeness (QED) is 0.474. The second kappa shape index (κ2) is 4.06. The van der Waals surface area contributed by atoms with E-state index in [1.807, 2.05) is 0 Å². The van der Waals surface area contributed by atoms with Crippen LogP contribution < -0.4 is 0 Å². The first kappa shape index (κ1) is 9.75. The van der Waals surface area contributed by atoms with Crippen LogP contribution in [0.15, 0.2) is 11.6 Å². The average molecular weight is 170 g/mol. The number of rotatable bonds is 4. The molecule has 2 heteroatoms. The minimum atomic E-state index is 0.287. The highest BCUT2D eigenvalue weighted by Crippen LogP contribution is 2.26. The molecule has 1 aliphatic rings. The predicted molar refractivity (Wildman–Crippen MR) is 49.2 cm³/mol. The zero-order valence-corrected chi connectivity index (χ0v) is 8.22. The molecule has 70 valence electrons. The summed E-state index contributed by atoms with van der Waals surface area (Å²) in [6.07, 6.45) is 2.10.